The van der Waals surface area contributed by atoms with Crippen LogP contribution in [0.1, 0.15) is 35.3 Å². The predicted molar refractivity (Wildman–Crippen MR) is 78.6 cm³/mol. The molecule has 1 unspecified atom stereocenters. The molecule has 1 aromatic carbocycles. The van der Waals surface area contributed by atoms with Gasteiger partial charge in [-0.25, -0.2) is 0 Å². The third-order valence-corrected chi connectivity index (χ3v) is 2.74. The molecule has 1 aromatic rings. The first-order valence-corrected chi connectivity index (χ1v) is 6.67. The van der Waals surface area contributed by atoms with Gasteiger partial charge in [0.2, 0.25) is 0 Å². The SMILES string of the molecule is CCOCC(C)NC(=O)c1cc(C#CCO)ccc1C. The quantitative estimate of drug-likeness (QED) is 0.801. The van der Waals surface area contributed by atoms with Crippen LogP contribution in [0.25, 0.3) is 0 Å². The van der Waals surface area contributed by atoms with Gasteiger partial charge in [0.25, 0.3) is 5.91 Å². The highest BCUT2D eigenvalue weighted by Gasteiger charge is 2.12. The third-order valence-electron chi connectivity index (χ3n) is 2.74. The Bertz CT molecular complexity index is 514. The van der Waals surface area contributed by atoms with Crippen molar-refractivity contribution in [1.82, 2.24) is 5.32 Å². The molecule has 0 aromatic heterocycles. The zero-order valence-corrected chi connectivity index (χ0v) is 12.2. The molecule has 0 radical (unpaired) electrons. The maximum Gasteiger partial charge on any atom is 0.251 e. The second kappa shape index (κ2) is 8.36. The highest BCUT2D eigenvalue weighted by molar-refractivity contribution is 5.96. The molecular weight excluding hydrogens is 254 g/mol. The van der Waals surface area contributed by atoms with E-state index in [1.165, 1.54) is 0 Å². The van der Waals surface area contributed by atoms with Crippen LogP contribution < -0.4 is 5.32 Å². The lowest BCUT2D eigenvalue weighted by Crippen LogP contribution is -2.36. The van der Waals surface area contributed by atoms with Crippen LogP contribution in [0.15, 0.2) is 18.2 Å². The van der Waals surface area contributed by atoms with Crippen LogP contribution in [0, 0.1) is 18.8 Å². The molecule has 0 heterocycles. The molecule has 0 saturated carbocycles. The molecule has 0 aliphatic rings. The summed E-state index contributed by atoms with van der Waals surface area (Å²) in [6, 6.07) is 5.37. The van der Waals surface area contributed by atoms with Gasteiger partial charge in [-0.15, -0.1) is 0 Å². The van der Waals surface area contributed by atoms with E-state index in [-0.39, 0.29) is 18.6 Å². The lowest BCUT2D eigenvalue weighted by Gasteiger charge is -2.14. The highest BCUT2D eigenvalue weighted by atomic mass is 16.5. The van der Waals surface area contributed by atoms with Gasteiger partial charge in [0.05, 0.1) is 6.61 Å². The Labute approximate surface area is 120 Å². The van der Waals surface area contributed by atoms with Gasteiger partial charge < -0.3 is 15.2 Å². The monoisotopic (exact) mass is 275 g/mol. The van der Waals surface area contributed by atoms with E-state index < -0.39 is 0 Å². The Morgan fingerprint density at radius 1 is 1.50 bits per heavy atom. The summed E-state index contributed by atoms with van der Waals surface area (Å²) in [5.41, 5.74) is 2.20. The van der Waals surface area contributed by atoms with Crippen LogP contribution in [0.4, 0.5) is 0 Å². The maximum atomic E-state index is 12.2. The molecule has 1 rings (SSSR count). The van der Waals surface area contributed by atoms with Crippen molar-refractivity contribution in [2.75, 3.05) is 19.8 Å². The fourth-order valence-electron chi connectivity index (χ4n) is 1.72. The van der Waals surface area contributed by atoms with Crippen molar-refractivity contribution in [1.29, 1.82) is 0 Å². The number of ether oxygens (including phenoxy) is 1. The molecule has 0 aliphatic heterocycles. The second-order valence-corrected chi connectivity index (χ2v) is 4.52. The predicted octanol–water partition coefficient (Wildman–Crippen LogP) is 1.49. The van der Waals surface area contributed by atoms with Crippen LogP contribution >= 0.6 is 0 Å². The van der Waals surface area contributed by atoms with Crippen LogP contribution in [0.3, 0.4) is 0 Å². The van der Waals surface area contributed by atoms with Crippen LogP contribution in [0.5, 0.6) is 0 Å². The number of aryl methyl sites for hydroxylation is 1. The fraction of sp³-hybridized carbons (Fsp3) is 0.438. The number of benzene rings is 1. The van der Waals surface area contributed by atoms with Crippen LogP contribution in [-0.4, -0.2) is 36.9 Å². The summed E-state index contributed by atoms with van der Waals surface area (Å²) in [6.45, 7) is 6.63. The normalized spacial score (nSPS) is 11.4. The number of carbonyl (C=O) groups is 1. The smallest absolute Gasteiger partial charge is 0.251 e. The summed E-state index contributed by atoms with van der Waals surface area (Å²) < 4.78 is 5.27. The van der Waals surface area contributed by atoms with Gasteiger partial charge in [-0.1, -0.05) is 17.9 Å². The number of aliphatic hydroxyl groups is 1. The molecule has 1 amide bonds. The number of rotatable bonds is 5. The van der Waals surface area contributed by atoms with Gasteiger partial charge in [-0.05, 0) is 38.5 Å². The van der Waals surface area contributed by atoms with Crippen LogP contribution in [0.2, 0.25) is 0 Å². The van der Waals surface area contributed by atoms with Crippen molar-refractivity contribution in [3.63, 3.8) is 0 Å². The minimum Gasteiger partial charge on any atom is -0.384 e. The molecule has 20 heavy (non-hydrogen) atoms. The number of hydrogen-bond donors (Lipinski definition) is 2. The Kier molecular flexibility index (Phi) is 6.78. The molecule has 4 heteroatoms. The average molecular weight is 275 g/mol. The molecule has 0 fully saturated rings. The number of carbonyl (C=O) groups excluding carboxylic acids is 1. The minimum atomic E-state index is -0.194. The summed E-state index contributed by atoms with van der Waals surface area (Å²) in [5, 5.41) is 11.6. The van der Waals surface area contributed by atoms with E-state index in [9.17, 15) is 4.79 Å². The second-order valence-electron chi connectivity index (χ2n) is 4.52. The highest BCUT2D eigenvalue weighted by Crippen LogP contribution is 2.11. The fourth-order valence-corrected chi connectivity index (χ4v) is 1.72. The first kappa shape index (κ1) is 16.2. The molecule has 0 bridgehead atoms. The number of amides is 1. The molecule has 0 saturated heterocycles. The van der Waals surface area contributed by atoms with Crippen molar-refractivity contribution in [2.24, 2.45) is 0 Å². The number of aliphatic hydroxyl groups excluding tert-OH is 1. The Hall–Kier alpha value is -1.83. The Morgan fingerprint density at radius 3 is 2.90 bits per heavy atom. The van der Waals surface area contributed by atoms with Gasteiger partial charge in [0.1, 0.15) is 6.61 Å². The van der Waals surface area contributed by atoms with E-state index in [0.29, 0.717) is 24.3 Å². The van der Waals surface area contributed by atoms with Crippen molar-refractivity contribution in [3.8, 4) is 11.8 Å². The first-order chi connectivity index (χ1) is 9.58. The standard InChI is InChI=1S/C16H21NO3/c1-4-20-11-13(3)17-16(19)15-10-14(6-5-9-18)8-7-12(15)2/h7-8,10,13,18H,4,9,11H2,1-3H3,(H,17,19). The third kappa shape index (κ3) is 5.04. The largest absolute Gasteiger partial charge is 0.384 e. The molecule has 2 N–H and O–H groups in total. The first-order valence-electron chi connectivity index (χ1n) is 6.67. The number of nitrogens with one attached hydrogen (secondary N) is 1. The van der Waals surface area contributed by atoms with E-state index in [1.807, 2.05) is 32.9 Å². The zero-order valence-electron chi connectivity index (χ0n) is 12.2. The molecular formula is C16H21NO3. The van der Waals surface area contributed by atoms with Crippen molar-refractivity contribution in [2.45, 2.75) is 26.8 Å². The summed E-state index contributed by atoms with van der Waals surface area (Å²) >= 11 is 0. The lowest BCUT2D eigenvalue weighted by atomic mass is 10.0. The van der Waals surface area contributed by atoms with Gasteiger partial charge >= 0.3 is 0 Å². The lowest BCUT2D eigenvalue weighted by molar-refractivity contribution is 0.0871. The van der Waals surface area contributed by atoms with Gasteiger partial charge in [-0.2, -0.15) is 0 Å². The van der Waals surface area contributed by atoms with Gasteiger partial charge in [-0.3, -0.25) is 4.79 Å². The molecule has 0 aliphatic carbocycles. The Morgan fingerprint density at radius 2 is 2.25 bits per heavy atom. The average Bonchev–Trinajstić information content (AvgIpc) is 2.44. The van der Waals surface area contributed by atoms with Gasteiger partial charge in [0, 0.05) is 23.8 Å². The van der Waals surface area contributed by atoms with Crippen molar-refractivity contribution >= 4 is 5.91 Å². The molecule has 1 atom stereocenters. The maximum absolute atomic E-state index is 12.2. The summed E-state index contributed by atoms with van der Waals surface area (Å²) in [7, 11) is 0. The van der Waals surface area contributed by atoms with E-state index in [4.69, 9.17) is 9.84 Å². The van der Waals surface area contributed by atoms with E-state index in [0.717, 1.165) is 5.56 Å². The van der Waals surface area contributed by atoms with Crippen molar-refractivity contribution in [3.05, 3.63) is 34.9 Å². The summed E-state index contributed by atoms with van der Waals surface area (Å²) in [4.78, 5) is 12.2. The Balaban J connectivity index is 2.81. The molecule has 4 nitrogen and oxygen atoms in total. The summed E-state index contributed by atoms with van der Waals surface area (Å²) in [5.74, 6) is 5.24. The molecule has 0 spiro atoms. The van der Waals surface area contributed by atoms with E-state index >= 15 is 0 Å². The molecule has 108 valence electrons. The minimum absolute atomic E-state index is 0.0472. The van der Waals surface area contributed by atoms with Crippen LogP contribution in [-0.2, 0) is 4.74 Å². The van der Waals surface area contributed by atoms with Crippen molar-refractivity contribution < 1.29 is 14.6 Å². The van der Waals surface area contributed by atoms with E-state index in [1.54, 1.807) is 6.07 Å². The number of hydrogen-bond acceptors (Lipinski definition) is 3. The summed E-state index contributed by atoms with van der Waals surface area (Å²) in [6.07, 6.45) is 0. The van der Waals surface area contributed by atoms with Gasteiger partial charge in [0.15, 0.2) is 0 Å². The topological polar surface area (TPSA) is 58.6 Å². The van der Waals surface area contributed by atoms with E-state index in [2.05, 4.69) is 17.2 Å². The zero-order chi connectivity index (χ0) is 15.0.